The SMILES string of the molecule is CN(C)C1CCN(S(=O)(=O)c2ccc3c(c2)CN(C(=O)c2ncn[nH]2)CC3)C1. The second-order valence-corrected chi connectivity index (χ2v) is 9.45. The zero-order valence-corrected chi connectivity index (χ0v) is 16.8. The van der Waals surface area contributed by atoms with Crippen molar-refractivity contribution in [2.45, 2.75) is 30.3 Å². The van der Waals surface area contributed by atoms with Crippen LogP contribution in [-0.2, 0) is 23.0 Å². The number of hydrogen-bond acceptors (Lipinski definition) is 6. The van der Waals surface area contributed by atoms with E-state index in [1.54, 1.807) is 21.3 Å². The molecule has 0 saturated carbocycles. The molecule has 4 rings (SSSR count). The Bertz CT molecular complexity index is 973. The summed E-state index contributed by atoms with van der Waals surface area (Å²) in [6.07, 6.45) is 2.81. The largest absolute Gasteiger partial charge is 0.331 e. The zero-order valence-electron chi connectivity index (χ0n) is 16.0. The minimum atomic E-state index is -3.54. The summed E-state index contributed by atoms with van der Waals surface area (Å²) in [7, 11) is 0.399. The molecule has 3 heterocycles. The molecule has 0 aliphatic carbocycles. The molecule has 28 heavy (non-hydrogen) atoms. The van der Waals surface area contributed by atoms with Crippen molar-refractivity contribution in [1.29, 1.82) is 0 Å². The van der Waals surface area contributed by atoms with Crippen molar-refractivity contribution in [3.05, 3.63) is 41.5 Å². The number of nitrogens with zero attached hydrogens (tertiary/aromatic N) is 5. The normalized spacial score (nSPS) is 20.5. The number of hydrogen-bond donors (Lipinski definition) is 1. The van der Waals surface area contributed by atoms with Crippen LogP contribution in [0.25, 0.3) is 0 Å². The van der Waals surface area contributed by atoms with Gasteiger partial charge in [0.15, 0.2) is 0 Å². The number of amides is 1. The summed E-state index contributed by atoms with van der Waals surface area (Å²) in [6, 6.07) is 5.51. The van der Waals surface area contributed by atoms with Gasteiger partial charge >= 0.3 is 0 Å². The number of nitrogens with one attached hydrogen (secondary N) is 1. The molecular formula is C18H24N6O3S. The molecule has 1 unspecified atom stereocenters. The summed E-state index contributed by atoms with van der Waals surface area (Å²) >= 11 is 0. The first-order chi connectivity index (χ1) is 13.4. The van der Waals surface area contributed by atoms with E-state index in [0.29, 0.717) is 37.5 Å². The molecule has 2 aliphatic rings. The molecule has 1 N–H and O–H groups in total. The molecule has 1 amide bonds. The quantitative estimate of drug-likeness (QED) is 0.788. The number of carbonyl (C=O) groups excluding carboxylic acids is 1. The van der Waals surface area contributed by atoms with E-state index in [-0.39, 0.29) is 17.8 Å². The van der Waals surface area contributed by atoms with E-state index in [9.17, 15) is 13.2 Å². The lowest BCUT2D eigenvalue weighted by molar-refractivity contribution is 0.0722. The Morgan fingerprint density at radius 1 is 1.25 bits per heavy atom. The molecule has 9 nitrogen and oxygen atoms in total. The Morgan fingerprint density at radius 2 is 2.07 bits per heavy atom. The first-order valence-corrected chi connectivity index (χ1v) is 10.7. The van der Waals surface area contributed by atoms with Gasteiger partial charge in [0.1, 0.15) is 6.33 Å². The number of H-pyrrole nitrogens is 1. The maximum atomic E-state index is 13.1. The van der Waals surface area contributed by atoms with Gasteiger partial charge in [0.05, 0.1) is 4.90 Å². The van der Waals surface area contributed by atoms with Gasteiger partial charge in [0.2, 0.25) is 15.8 Å². The third kappa shape index (κ3) is 3.43. The van der Waals surface area contributed by atoms with Crippen LogP contribution < -0.4 is 0 Å². The number of rotatable bonds is 4. The van der Waals surface area contributed by atoms with Crippen LogP contribution in [0.4, 0.5) is 0 Å². The van der Waals surface area contributed by atoms with Crippen molar-refractivity contribution >= 4 is 15.9 Å². The molecule has 1 saturated heterocycles. The predicted octanol–water partition coefficient (Wildman–Crippen LogP) is 0.328. The van der Waals surface area contributed by atoms with E-state index in [1.165, 1.54) is 6.33 Å². The molecule has 0 radical (unpaired) electrons. The van der Waals surface area contributed by atoms with Gasteiger partial charge in [0, 0.05) is 32.2 Å². The molecule has 10 heteroatoms. The van der Waals surface area contributed by atoms with Gasteiger partial charge < -0.3 is 9.80 Å². The summed E-state index contributed by atoms with van der Waals surface area (Å²) in [6.45, 7) is 1.95. The van der Waals surface area contributed by atoms with Crippen LogP contribution in [0.15, 0.2) is 29.4 Å². The van der Waals surface area contributed by atoms with Crippen LogP contribution in [0.2, 0.25) is 0 Å². The average molecular weight is 404 g/mol. The summed E-state index contributed by atoms with van der Waals surface area (Å²) in [5, 5.41) is 6.30. The van der Waals surface area contributed by atoms with Crippen molar-refractivity contribution in [3.8, 4) is 0 Å². The highest BCUT2D eigenvalue weighted by Crippen LogP contribution is 2.27. The van der Waals surface area contributed by atoms with Gasteiger partial charge in [-0.2, -0.15) is 9.40 Å². The average Bonchev–Trinajstić information content (AvgIpc) is 3.38. The number of benzene rings is 1. The number of sulfonamides is 1. The fourth-order valence-corrected chi connectivity index (χ4v) is 5.37. The first kappa shape index (κ1) is 19.0. The lowest BCUT2D eigenvalue weighted by Gasteiger charge is -2.29. The van der Waals surface area contributed by atoms with Crippen molar-refractivity contribution in [3.63, 3.8) is 0 Å². The van der Waals surface area contributed by atoms with Gasteiger partial charge in [-0.15, -0.1) is 0 Å². The topological polar surface area (TPSA) is 102 Å². The standard InChI is InChI=1S/C18H24N6O3S/c1-22(2)15-6-8-24(11-15)28(26,27)16-4-3-13-5-7-23(10-14(13)9-16)18(25)17-19-12-20-21-17/h3-4,9,12,15H,5-8,10-11H2,1-2H3,(H,19,20,21). The lowest BCUT2D eigenvalue weighted by atomic mass is 10.00. The van der Waals surface area contributed by atoms with Crippen molar-refractivity contribution < 1.29 is 13.2 Å². The van der Waals surface area contributed by atoms with Gasteiger partial charge in [-0.25, -0.2) is 13.4 Å². The van der Waals surface area contributed by atoms with Gasteiger partial charge in [-0.05, 0) is 50.2 Å². The molecule has 1 aromatic carbocycles. The molecule has 1 atom stereocenters. The van der Waals surface area contributed by atoms with E-state index in [4.69, 9.17) is 0 Å². The maximum Gasteiger partial charge on any atom is 0.291 e. The Labute approximate surface area is 164 Å². The van der Waals surface area contributed by atoms with E-state index >= 15 is 0 Å². The number of fused-ring (bicyclic) bond motifs is 1. The Hall–Kier alpha value is -2.30. The van der Waals surface area contributed by atoms with E-state index in [2.05, 4.69) is 20.1 Å². The first-order valence-electron chi connectivity index (χ1n) is 9.29. The third-order valence-corrected chi connectivity index (χ3v) is 7.45. The van der Waals surface area contributed by atoms with Gasteiger partial charge in [-0.1, -0.05) is 6.07 Å². The fourth-order valence-electron chi connectivity index (χ4n) is 3.83. The van der Waals surface area contributed by atoms with Crippen LogP contribution in [0.1, 0.15) is 28.2 Å². The monoisotopic (exact) mass is 404 g/mol. The summed E-state index contributed by atoms with van der Waals surface area (Å²) in [5.41, 5.74) is 1.94. The Kier molecular flexibility index (Phi) is 4.94. The molecular weight excluding hydrogens is 380 g/mol. The predicted molar refractivity (Wildman–Crippen MR) is 102 cm³/mol. The second kappa shape index (κ2) is 7.26. The van der Waals surface area contributed by atoms with Crippen LogP contribution in [0.3, 0.4) is 0 Å². The molecule has 150 valence electrons. The maximum absolute atomic E-state index is 13.1. The summed E-state index contributed by atoms with van der Waals surface area (Å²) in [5.74, 6) is -0.0381. The molecule has 2 aliphatic heterocycles. The van der Waals surface area contributed by atoms with E-state index < -0.39 is 10.0 Å². The van der Waals surface area contributed by atoms with Crippen LogP contribution >= 0.6 is 0 Å². The molecule has 0 bridgehead atoms. The minimum Gasteiger partial charge on any atom is -0.331 e. The number of aromatic amines is 1. The highest BCUT2D eigenvalue weighted by molar-refractivity contribution is 7.89. The van der Waals surface area contributed by atoms with E-state index in [0.717, 1.165) is 17.5 Å². The third-order valence-electron chi connectivity index (χ3n) is 5.59. The highest BCUT2D eigenvalue weighted by Gasteiger charge is 2.34. The zero-order chi connectivity index (χ0) is 19.9. The van der Waals surface area contributed by atoms with Crippen LogP contribution in [0.5, 0.6) is 0 Å². The second-order valence-electron chi connectivity index (χ2n) is 7.51. The fraction of sp³-hybridized carbons (Fsp3) is 0.500. The number of carbonyl (C=O) groups is 1. The van der Waals surface area contributed by atoms with Crippen molar-refractivity contribution in [2.24, 2.45) is 0 Å². The van der Waals surface area contributed by atoms with Crippen molar-refractivity contribution in [2.75, 3.05) is 33.7 Å². The Morgan fingerprint density at radius 3 is 2.75 bits per heavy atom. The van der Waals surface area contributed by atoms with Crippen LogP contribution in [0, 0.1) is 0 Å². The minimum absolute atomic E-state index is 0.194. The highest BCUT2D eigenvalue weighted by atomic mass is 32.2. The number of aromatic nitrogens is 3. The summed E-state index contributed by atoms with van der Waals surface area (Å²) in [4.78, 5) is 20.5. The van der Waals surface area contributed by atoms with E-state index in [1.807, 2.05) is 20.2 Å². The smallest absolute Gasteiger partial charge is 0.291 e. The van der Waals surface area contributed by atoms with Gasteiger partial charge in [-0.3, -0.25) is 9.89 Å². The molecule has 2 aromatic rings. The lowest BCUT2D eigenvalue weighted by Crippen LogP contribution is -2.37. The van der Waals surface area contributed by atoms with Crippen LogP contribution in [-0.4, -0.2) is 83.4 Å². The molecule has 1 aromatic heterocycles. The van der Waals surface area contributed by atoms with Gasteiger partial charge in [0.25, 0.3) is 5.91 Å². The number of likely N-dealkylation sites (N-methyl/N-ethyl adjacent to an activating group) is 1. The summed E-state index contributed by atoms with van der Waals surface area (Å²) < 4.78 is 27.7. The Balaban J connectivity index is 1.56. The molecule has 0 spiro atoms. The van der Waals surface area contributed by atoms with Crippen molar-refractivity contribution in [1.82, 2.24) is 29.3 Å². The molecule has 1 fully saturated rings.